The largest absolute Gasteiger partial charge is 0.480 e. The van der Waals surface area contributed by atoms with Gasteiger partial charge in [-0.1, -0.05) is 12.1 Å². The summed E-state index contributed by atoms with van der Waals surface area (Å²) in [6, 6.07) is 3.99. The number of carbonyl (C=O) groups is 1. The molecule has 0 saturated carbocycles. The molecule has 23 heavy (non-hydrogen) atoms. The first-order valence-electron chi connectivity index (χ1n) is 6.99. The van der Waals surface area contributed by atoms with Crippen LogP contribution in [0.5, 0.6) is 0 Å². The number of hydrogen-bond acceptors (Lipinski definition) is 5. The molecule has 1 unspecified atom stereocenters. The van der Waals surface area contributed by atoms with Gasteiger partial charge in [-0.25, -0.2) is 21.6 Å². The molecule has 1 heterocycles. The van der Waals surface area contributed by atoms with Crippen LogP contribution in [-0.2, 0) is 24.8 Å². The van der Waals surface area contributed by atoms with Gasteiger partial charge in [0.2, 0.25) is 20.0 Å². The molecule has 0 bridgehead atoms. The Kier molecular flexibility index (Phi) is 5.09. The number of sulfonamides is 2. The minimum absolute atomic E-state index is 0.0488. The summed E-state index contributed by atoms with van der Waals surface area (Å²) in [5.74, 6) is -1.23. The Hall–Kier alpha value is -1.49. The molecule has 2 N–H and O–H groups in total. The summed E-state index contributed by atoms with van der Waals surface area (Å²) in [7, 11) is -7.06. The number of nitrogens with zero attached hydrogens (tertiary/aromatic N) is 1. The molecule has 8 nitrogen and oxygen atoms in total. The number of aliphatic carboxylic acids is 1. The van der Waals surface area contributed by atoms with E-state index in [1.807, 2.05) is 0 Å². The highest BCUT2D eigenvalue weighted by atomic mass is 32.2. The van der Waals surface area contributed by atoms with E-state index in [0.717, 1.165) is 4.31 Å². The average molecular weight is 362 g/mol. The Bertz CT molecular complexity index is 804. The maximum atomic E-state index is 12.9. The van der Waals surface area contributed by atoms with Gasteiger partial charge in [-0.2, -0.15) is 4.31 Å². The number of hydrogen-bond donors (Lipinski definition) is 2. The van der Waals surface area contributed by atoms with Gasteiger partial charge >= 0.3 is 5.97 Å². The Labute approximate surface area is 135 Å². The highest BCUT2D eigenvalue weighted by Crippen LogP contribution is 2.29. The van der Waals surface area contributed by atoms with E-state index in [1.165, 1.54) is 31.3 Å². The SMILES string of the molecule is CNS(=O)(=O)c1ccccc1S(=O)(=O)N1CCCCC1C(=O)O. The standard InChI is InChI=1S/C13H18N2O6S2/c1-14-22(18,19)11-7-2-3-8-12(11)23(20,21)15-9-5-4-6-10(15)13(16)17/h2-3,7-8,10,14H,4-6,9H2,1H3,(H,16,17). The molecule has 1 aliphatic rings. The van der Waals surface area contributed by atoms with E-state index >= 15 is 0 Å². The second-order valence-corrected chi connectivity index (χ2v) is 8.83. The van der Waals surface area contributed by atoms with Gasteiger partial charge in [0.05, 0.1) is 0 Å². The molecule has 0 radical (unpaired) electrons. The van der Waals surface area contributed by atoms with Crippen LogP contribution in [0.4, 0.5) is 0 Å². The van der Waals surface area contributed by atoms with Crippen LogP contribution in [0.2, 0.25) is 0 Å². The van der Waals surface area contributed by atoms with Gasteiger partial charge in [0.1, 0.15) is 15.8 Å². The number of nitrogens with one attached hydrogen (secondary N) is 1. The summed E-state index contributed by atoms with van der Waals surface area (Å²) >= 11 is 0. The van der Waals surface area contributed by atoms with Crippen LogP contribution in [0.3, 0.4) is 0 Å². The molecule has 1 saturated heterocycles. The van der Waals surface area contributed by atoms with Crippen molar-refractivity contribution in [1.29, 1.82) is 0 Å². The van der Waals surface area contributed by atoms with Gasteiger partial charge in [-0.05, 0) is 38.4 Å². The molecule has 1 aliphatic heterocycles. The molecule has 1 fully saturated rings. The van der Waals surface area contributed by atoms with E-state index in [0.29, 0.717) is 12.8 Å². The second-order valence-electron chi connectivity index (χ2n) is 5.12. The zero-order chi connectivity index (χ0) is 17.3. The molecule has 128 valence electrons. The molecule has 0 amide bonds. The first-order chi connectivity index (χ1) is 10.7. The smallest absolute Gasteiger partial charge is 0.322 e. The van der Waals surface area contributed by atoms with E-state index in [9.17, 15) is 26.7 Å². The minimum Gasteiger partial charge on any atom is -0.480 e. The number of benzene rings is 1. The molecular weight excluding hydrogens is 344 g/mol. The van der Waals surface area contributed by atoms with Crippen molar-refractivity contribution < 1.29 is 26.7 Å². The first-order valence-corrected chi connectivity index (χ1v) is 9.91. The highest BCUT2D eigenvalue weighted by molar-refractivity contribution is 7.92. The van der Waals surface area contributed by atoms with E-state index in [1.54, 1.807) is 0 Å². The normalized spacial score (nSPS) is 20.3. The number of rotatable bonds is 5. The average Bonchev–Trinajstić information content (AvgIpc) is 2.54. The van der Waals surface area contributed by atoms with Crippen molar-refractivity contribution in [3.05, 3.63) is 24.3 Å². The van der Waals surface area contributed by atoms with Crippen LogP contribution in [0.25, 0.3) is 0 Å². The van der Waals surface area contributed by atoms with Crippen LogP contribution in [-0.4, -0.2) is 51.9 Å². The molecule has 1 aromatic carbocycles. The van der Waals surface area contributed by atoms with Crippen molar-refractivity contribution in [2.24, 2.45) is 0 Å². The van der Waals surface area contributed by atoms with E-state index in [4.69, 9.17) is 0 Å². The molecule has 1 atom stereocenters. The van der Waals surface area contributed by atoms with Gasteiger partial charge in [0.15, 0.2) is 0 Å². The number of carboxylic acid groups (broad SMARTS) is 1. The summed E-state index contributed by atoms with van der Waals surface area (Å²) in [6.07, 6.45) is 1.35. The Balaban J connectivity index is 2.59. The lowest BCUT2D eigenvalue weighted by Gasteiger charge is -2.32. The summed E-state index contributed by atoms with van der Waals surface area (Å²) in [6.45, 7) is 0.0488. The fourth-order valence-corrected chi connectivity index (χ4v) is 5.74. The van der Waals surface area contributed by atoms with Crippen molar-refractivity contribution in [2.45, 2.75) is 35.1 Å². The maximum Gasteiger partial charge on any atom is 0.322 e. The van der Waals surface area contributed by atoms with Crippen molar-refractivity contribution in [3.8, 4) is 0 Å². The molecule has 2 rings (SSSR count). The quantitative estimate of drug-likeness (QED) is 0.773. The number of piperidine rings is 1. The Morgan fingerprint density at radius 1 is 1.17 bits per heavy atom. The van der Waals surface area contributed by atoms with Crippen LogP contribution >= 0.6 is 0 Å². The second kappa shape index (κ2) is 6.56. The molecule has 0 aliphatic carbocycles. The van der Waals surface area contributed by atoms with Gasteiger partial charge in [-0.15, -0.1) is 0 Å². The van der Waals surface area contributed by atoms with Crippen LogP contribution in [0.1, 0.15) is 19.3 Å². The third kappa shape index (κ3) is 3.39. The summed E-state index contributed by atoms with van der Waals surface area (Å²) in [4.78, 5) is 10.5. The van der Waals surface area contributed by atoms with Crippen molar-refractivity contribution in [1.82, 2.24) is 9.03 Å². The monoisotopic (exact) mass is 362 g/mol. The number of carboxylic acids is 1. The van der Waals surface area contributed by atoms with Gasteiger partial charge in [0, 0.05) is 6.54 Å². The van der Waals surface area contributed by atoms with Crippen molar-refractivity contribution in [2.75, 3.05) is 13.6 Å². The lowest BCUT2D eigenvalue weighted by atomic mass is 10.1. The van der Waals surface area contributed by atoms with Crippen LogP contribution in [0, 0.1) is 0 Å². The molecular formula is C13H18N2O6S2. The fraction of sp³-hybridized carbons (Fsp3) is 0.462. The van der Waals surface area contributed by atoms with E-state index in [2.05, 4.69) is 4.72 Å². The zero-order valence-electron chi connectivity index (χ0n) is 12.5. The third-order valence-corrected chi connectivity index (χ3v) is 7.30. The summed E-state index contributed by atoms with van der Waals surface area (Å²) in [5.41, 5.74) is 0. The summed E-state index contributed by atoms with van der Waals surface area (Å²) < 4.78 is 52.8. The zero-order valence-corrected chi connectivity index (χ0v) is 14.1. The van der Waals surface area contributed by atoms with Crippen LogP contribution in [0.15, 0.2) is 34.1 Å². The topological polar surface area (TPSA) is 121 Å². The van der Waals surface area contributed by atoms with E-state index in [-0.39, 0.29) is 13.0 Å². The minimum atomic E-state index is -4.25. The first kappa shape index (κ1) is 17.9. The summed E-state index contributed by atoms with van der Waals surface area (Å²) in [5, 5.41) is 9.26. The fourth-order valence-electron chi connectivity index (χ4n) is 2.56. The lowest BCUT2D eigenvalue weighted by molar-refractivity contribution is -0.142. The van der Waals surface area contributed by atoms with Crippen LogP contribution < -0.4 is 4.72 Å². The van der Waals surface area contributed by atoms with Crippen molar-refractivity contribution >= 4 is 26.0 Å². The Morgan fingerprint density at radius 2 is 1.78 bits per heavy atom. The molecule has 1 aromatic rings. The lowest BCUT2D eigenvalue weighted by Crippen LogP contribution is -2.48. The Morgan fingerprint density at radius 3 is 2.35 bits per heavy atom. The van der Waals surface area contributed by atoms with Gasteiger partial charge in [0.25, 0.3) is 0 Å². The molecule has 10 heteroatoms. The van der Waals surface area contributed by atoms with Gasteiger partial charge < -0.3 is 5.11 Å². The van der Waals surface area contributed by atoms with Crippen molar-refractivity contribution in [3.63, 3.8) is 0 Å². The molecule has 0 spiro atoms. The maximum absolute atomic E-state index is 12.9. The predicted molar refractivity (Wildman–Crippen MR) is 81.9 cm³/mol. The highest BCUT2D eigenvalue weighted by Gasteiger charge is 2.39. The third-order valence-electron chi connectivity index (χ3n) is 3.73. The van der Waals surface area contributed by atoms with Gasteiger partial charge in [-0.3, -0.25) is 4.79 Å². The van der Waals surface area contributed by atoms with E-state index < -0.39 is 41.8 Å². The molecule has 0 aromatic heterocycles. The predicted octanol–water partition coefficient (Wildman–Crippen LogP) is 0.222.